The molecule has 1 aromatic rings. The quantitative estimate of drug-likeness (QED) is 0.801. The Labute approximate surface area is 109 Å². The van der Waals surface area contributed by atoms with E-state index in [2.05, 4.69) is 22.9 Å². The van der Waals surface area contributed by atoms with Gasteiger partial charge >= 0.3 is 0 Å². The highest BCUT2D eigenvalue weighted by Crippen LogP contribution is 2.45. The summed E-state index contributed by atoms with van der Waals surface area (Å²) < 4.78 is 12.9. The molecule has 3 unspecified atom stereocenters. The van der Waals surface area contributed by atoms with E-state index in [1.807, 2.05) is 18.2 Å². The Hall–Kier alpha value is -0.580. The Bertz CT molecular complexity index is 451. The monoisotopic (exact) mass is 297 g/mol. The van der Waals surface area contributed by atoms with Crippen LogP contribution in [0.15, 0.2) is 22.7 Å². The largest absolute Gasteiger partial charge is 0.484 e. The molecule has 0 aliphatic carbocycles. The van der Waals surface area contributed by atoms with E-state index in [1.165, 1.54) is 0 Å². The van der Waals surface area contributed by atoms with Crippen molar-refractivity contribution in [2.75, 3.05) is 6.61 Å². The Morgan fingerprint density at radius 2 is 2.29 bits per heavy atom. The second-order valence-electron chi connectivity index (χ2n) is 4.92. The molecule has 2 aliphatic rings. The Morgan fingerprint density at radius 1 is 1.47 bits per heavy atom. The van der Waals surface area contributed by atoms with Gasteiger partial charge in [0.2, 0.25) is 0 Å². The summed E-state index contributed by atoms with van der Waals surface area (Å²) in [5, 5.41) is 0. The van der Waals surface area contributed by atoms with Crippen LogP contribution in [0.3, 0.4) is 0 Å². The molecule has 3 rings (SSSR count). The van der Waals surface area contributed by atoms with Crippen LogP contribution < -0.4 is 10.5 Å². The molecule has 1 aromatic carbocycles. The summed E-state index contributed by atoms with van der Waals surface area (Å²) in [7, 11) is 0. The fourth-order valence-corrected chi connectivity index (χ4v) is 3.15. The third kappa shape index (κ3) is 1.79. The molecule has 0 radical (unpaired) electrons. The number of fused-ring (bicyclic) bond motifs is 1. The van der Waals surface area contributed by atoms with Crippen LogP contribution in [0.2, 0.25) is 0 Å². The number of hydrogen-bond donors (Lipinski definition) is 1. The summed E-state index contributed by atoms with van der Waals surface area (Å²) in [4.78, 5) is 0. The molecular weight excluding hydrogens is 282 g/mol. The molecule has 17 heavy (non-hydrogen) atoms. The second kappa shape index (κ2) is 3.97. The van der Waals surface area contributed by atoms with Crippen molar-refractivity contribution in [3.05, 3.63) is 28.2 Å². The van der Waals surface area contributed by atoms with Crippen molar-refractivity contribution in [2.24, 2.45) is 5.73 Å². The Balaban J connectivity index is 2.02. The summed E-state index contributed by atoms with van der Waals surface area (Å²) in [6.07, 6.45) is 1.87. The second-order valence-corrected chi connectivity index (χ2v) is 5.84. The lowest BCUT2D eigenvalue weighted by Crippen LogP contribution is -2.47. The molecule has 1 fully saturated rings. The van der Waals surface area contributed by atoms with E-state index in [1.54, 1.807) is 0 Å². The van der Waals surface area contributed by atoms with Gasteiger partial charge in [-0.25, -0.2) is 0 Å². The van der Waals surface area contributed by atoms with Gasteiger partial charge in [-0.3, -0.25) is 0 Å². The predicted molar refractivity (Wildman–Crippen MR) is 69.1 cm³/mol. The first-order chi connectivity index (χ1) is 8.11. The number of ether oxygens (including phenoxy) is 2. The highest BCUT2D eigenvalue weighted by Gasteiger charge is 2.48. The SMILES string of the molecule is CC1OCCC12CC(N)c1ccc(Br)cc1O2. The molecule has 0 bridgehead atoms. The third-order valence-electron chi connectivity index (χ3n) is 3.89. The highest BCUT2D eigenvalue weighted by molar-refractivity contribution is 9.10. The van der Waals surface area contributed by atoms with Crippen molar-refractivity contribution in [3.63, 3.8) is 0 Å². The summed E-state index contributed by atoms with van der Waals surface area (Å²) in [5.41, 5.74) is 7.13. The van der Waals surface area contributed by atoms with Crippen molar-refractivity contribution >= 4 is 15.9 Å². The molecule has 3 atom stereocenters. The molecule has 0 saturated carbocycles. The highest BCUT2D eigenvalue weighted by atomic mass is 79.9. The molecule has 2 N–H and O–H groups in total. The molecule has 1 spiro atoms. The number of hydrogen-bond acceptors (Lipinski definition) is 3. The number of benzene rings is 1. The molecule has 0 amide bonds. The van der Waals surface area contributed by atoms with E-state index < -0.39 is 0 Å². The zero-order valence-corrected chi connectivity index (χ0v) is 11.4. The maximum atomic E-state index is 6.26. The van der Waals surface area contributed by atoms with Gasteiger partial charge in [-0.15, -0.1) is 0 Å². The van der Waals surface area contributed by atoms with Crippen LogP contribution in [0.4, 0.5) is 0 Å². The average molecular weight is 298 g/mol. The van der Waals surface area contributed by atoms with E-state index in [0.29, 0.717) is 0 Å². The lowest BCUT2D eigenvalue weighted by molar-refractivity contribution is -0.0275. The van der Waals surface area contributed by atoms with Gasteiger partial charge < -0.3 is 15.2 Å². The van der Waals surface area contributed by atoms with Gasteiger partial charge in [0.25, 0.3) is 0 Å². The van der Waals surface area contributed by atoms with Crippen LogP contribution in [0.1, 0.15) is 31.4 Å². The van der Waals surface area contributed by atoms with Crippen molar-refractivity contribution in [1.29, 1.82) is 0 Å². The van der Waals surface area contributed by atoms with Crippen molar-refractivity contribution in [1.82, 2.24) is 0 Å². The van der Waals surface area contributed by atoms with Gasteiger partial charge in [-0.1, -0.05) is 22.0 Å². The van der Waals surface area contributed by atoms with Gasteiger partial charge in [0.1, 0.15) is 11.4 Å². The molecule has 1 saturated heterocycles. The van der Waals surface area contributed by atoms with Crippen LogP contribution in [-0.4, -0.2) is 18.3 Å². The van der Waals surface area contributed by atoms with Gasteiger partial charge in [0.15, 0.2) is 0 Å². The minimum absolute atomic E-state index is 0.0380. The topological polar surface area (TPSA) is 44.5 Å². The Kier molecular flexibility index (Phi) is 2.69. The molecule has 3 nitrogen and oxygen atoms in total. The standard InChI is InChI=1S/C13H16BrNO2/c1-8-13(4-5-16-8)7-11(15)10-3-2-9(14)6-12(10)17-13/h2-3,6,8,11H,4-5,7,15H2,1H3. The van der Waals surface area contributed by atoms with E-state index in [0.717, 1.165) is 35.2 Å². The smallest absolute Gasteiger partial charge is 0.139 e. The van der Waals surface area contributed by atoms with E-state index in [4.69, 9.17) is 15.2 Å². The van der Waals surface area contributed by atoms with E-state index in [-0.39, 0.29) is 17.7 Å². The van der Waals surface area contributed by atoms with E-state index >= 15 is 0 Å². The van der Waals surface area contributed by atoms with Gasteiger partial charge in [0, 0.05) is 28.9 Å². The fraction of sp³-hybridized carbons (Fsp3) is 0.538. The van der Waals surface area contributed by atoms with Crippen molar-refractivity contribution in [2.45, 2.75) is 37.5 Å². The zero-order valence-electron chi connectivity index (χ0n) is 9.78. The number of rotatable bonds is 0. The maximum absolute atomic E-state index is 6.26. The minimum Gasteiger partial charge on any atom is -0.484 e. The average Bonchev–Trinajstić information content (AvgIpc) is 2.59. The maximum Gasteiger partial charge on any atom is 0.139 e. The van der Waals surface area contributed by atoms with Crippen molar-refractivity contribution in [3.8, 4) is 5.75 Å². The first kappa shape index (κ1) is 11.5. The summed E-state index contributed by atoms with van der Waals surface area (Å²) in [6.45, 7) is 2.83. The van der Waals surface area contributed by atoms with Crippen LogP contribution in [0.5, 0.6) is 5.75 Å². The summed E-state index contributed by atoms with van der Waals surface area (Å²) >= 11 is 3.47. The molecule has 0 aromatic heterocycles. The molecule has 2 aliphatic heterocycles. The number of nitrogens with two attached hydrogens (primary N) is 1. The lowest BCUT2D eigenvalue weighted by Gasteiger charge is -2.40. The van der Waals surface area contributed by atoms with Crippen LogP contribution in [0, 0.1) is 0 Å². The van der Waals surface area contributed by atoms with Crippen LogP contribution >= 0.6 is 15.9 Å². The predicted octanol–water partition coefficient (Wildman–Crippen LogP) is 2.78. The third-order valence-corrected chi connectivity index (χ3v) is 4.38. The van der Waals surface area contributed by atoms with Crippen LogP contribution in [0.25, 0.3) is 0 Å². The Morgan fingerprint density at radius 3 is 3.00 bits per heavy atom. The first-order valence-electron chi connectivity index (χ1n) is 5.96. The molecule has 92 valence electrons. The number of halogens is 1. The summed E-state index contributed by atoms with van der Waals surface area (Å²) in [5.74, 6) is 0.899. The minimum atomic E-state index is -0.229. The summed E-state index contributed by atoms with van der Waals surface area (Å²) in [6, 6.07) is 6.09. The lowest BCUT2D eigenvalue weighted by atomic mass is 9.83. The van der Waals surface area contributed by atoms with Gasteiger partial charge in [-0.2, -0.15) is 0 Å². The molecule has 2 heterocycles. The fourth-order valence-electron chi connectivity index (χ4n) is 2.81. The molecular formula is C13H16BrNO2. The van der Waals surface area contributed by atoms with E-state index in [9.17, 15) is 0 Å². The zero-order chi connectivity index (χ0) is 12.0. The first-order valence-corrected chi connectivity index (χ1v) is 6.76. The van der Waals surface area contributed by atoms with Gasteiger partial charge in [-0.05, 0) is 19.1 Å². The molecule has 4 heteroatoms. The normalized spacial score (nSPS) is 35.7. The van der Waals surface area contributed by atoms with Crippen molar-refractivity contribution < 1.29 is 9.47 Å². The van der Waals surface area contributed by atoms with Crippen LogP contribution in [-0.2, 0) is 4.74 Å². The van der Waals surface area contributed by atoms with Gasteiger partial charge in [0.05, 0.1) is 12.7 Å².